The van der Waals surface area contributed by atoms with Gasteiger partial charge in [0.2, 0.25) is 0 Å². The van der Waals surface area contributed by atoms with Gasteiger partial charge in [0.05, 0.1) is 6.61 Å². The largest absolute Gasteiger partial charge is 0.381 e. The molecule has 0 spiro atoms. The summed E-state index contributed by atoms with van der Waals surface area (Å²) in [6, 6.07) is 6.35. The predicted octanol–water partition coefficient (Wildman–Crippen LogP) is 2.27. The van der Waals surface area contributed by atoms with Gasteiger partial charge in [-0.15, -0.1) is 0 Å². The van der Waals surface area contributed by atoms with Crippen LogP contribution in [-0.4, -0.2) is 13.7 Å². The molecule has 1 aliphatic rings. The van der Waals surface area contributed by atoms with E-state index in [1.807, 2.05) is 0 Å². The first-order chi connectivity index (χ1) is 6.40. The van der Waals surface area contributed by atoms with Crippen LogP contribution in [0.3, 0.4) is 0 Å². The van der Waals surface area contributed by atoms with Crippen LogP contribution in [-0.2, 0) is 11.3 Å². The summed E-state index contributed by atoms with van der Waals surface area (Å²) >= 11 is 0. The van der Waals surface area contributed by atoms with Crippen LogP contribution in [0.4, 0.5) is 5.69 Å². The first-order valence-electron chi connectivity index (χ1n) is 4.42. The minimum Gasteiger partial charge on any atom is -0.381 e. The Labute approximate surface area is 78.2 Å². The zero-order valence-electron chi connectivity index (χ0n) is 7.71. The van der Waals surface area contributed by atoms with Crippen molar-refractivity contribution in [2.75, 3.05) is 19.0 Å². The summed E-state index contributed by atoms with van der Waals surface area (Å²) in [5.41, 5.74) is 3.68. The number of methoxy groups -OCH3 is 1. The monoisotopic (exact) mass is 175 g/mol. The van der Waals surface area contributed by atoms with Crippen LogP contribution in [0.2, 0.25) is 0 Å². The SMILES string of the molecule is COCc1ccc2c(c1)C=CCN2. The van der Waals surface area contributed by atoms with E-state index in [2.05, 4.69) is 35.7 Å². The van der Waals surface area contributed by atoms with Gasteiger partial charge in [0.1, 0.15) is 0 Å². The van der Waals surface area contributed by atoms with Crippen molar-refractivity contribution in [1.29, 1.82) is 0 Å². The summed E-state index contributed by atoms with van der Waals surface area (Å²) in [5.74, 6) is 0. The minimum absolute atomic E-state index is 0.682. The molecule has 2 nitrogen and oxygen atoms in total. The molecule has 0 bridgehead atoms. The van der Waals surface area contributed by atoms with E-state index in [1.54, 1.807) is 7.11 Å². The first kappa shape index (κ1) is 8.32. The normalized spacial score (nSPS) is 13.6. The number of anilines is 1. The fourth-order valence-corrected chi connectivity index (χ4v) is 1.52. The molecule has 1 N–H and O–H groups in total. The number of ether oxygens (including phenoxy) is 1. The second-order valence-corrected chi connectivity index (χ2v) is 3.14. The molecule has 0 saturated heterocycles. The molecule has 0 aliphatic carbocycles. The highest BCUT2D eigenvalue weighted by Gasteiger charge is 2.03. The van der Waals surface area contributed by atoms with Crippen molar-refractivity contribution >= 4 is 11.8 Å². The Morgan fingerprint density at radius 2 is 2.38 bits per heavy atom. The molecular weight excluding hydrogens is 162 g/mol. The number of nitrogens with one attached hydrogen (secondary N) is 1. The minimum atomic E-state index is 0.682. The van der Waals surface area contributed by atoms with Gasteiger partial charge in [-0.2, -0.15) is 0 Å². The van der Waals surface area contributed by atoms with Crippen molar-refractivity contribution < 1.29 is 4.74 Å². The van der Waals surface area contributed by atoms with Gasteiger partial charge >= 0.3 is 0 Å². The van der Waals surface area contributed by atoms with Gasteiger partial charge in [0.25, 0.3) is 0 Å². The maximum Gasteiger partial charge on any atom is 0.0713 e. The zero-order valence-corrected chi connectivity index (χ0v) is 7.71. The van der Waals surface area contributed by atoms with E-state index in [9.17, 15) is 0 Å². The maximum atomic E-state index is 5.07. The Bertz CT molecular complexity index is 331. The van der Waals surface area contributed by atoms with Gasteiger partial charge in [-0.25, -0.2) is 0 Å². The third-order valence-corrected chi connectivity index (χ3v) is 2.13. The fraction of sp³-hybridized carbons (Fsp3) is 0.273. The molecule has 1 aromatic rings. The quantitative estimate of drug-likeness (QED) is 0.744. The molecule has 0 amide bonds. The van der Waals surface area contributed by atoms with Crippen molar-refractivity contribution in [2.24, 2.45) is 0 Å². The van der Waals surface area contributed by atoms with Crippen molar-refractivity contribution in [3.63, 3.8) is 0 Å². The van der Waals surface area contributed by atoms with Gasteiger partial charge < -0.3 is 10.1 Å². The van der Waals surface area contributed by atoms with Gasteiger partial charge in [-0.1, -0.05) is 18.2 Å². The lowest BCUT2D eigenvalue weighted by molar-refractivity contribution is 0.185. The maximum absolute atomic E-state index is 5.07. The van der Waals surface area contributed by atoms with Gasteiger partial charge in [0, 0.05) is 19.3 Å². The topological polar surface area (TPSA) is 21.3 Å². The van der Waals surface area contributed by atoms with Crippen LogP contribution in [0.1, 0.15) is 11.1 Å². The van der Waals surface area contributed by atoms with Crippen LogP contribution >= 0.6 is 0 Å². The summed E-state index contributed by atoms with van der Waals surface area (Å²) in [5, 5.41) is 3.30. The average Bonchev–Trinajstić information content (AvgIpc) is 2.18. The van der Waals surface area contributed by atoms with Crippen LogP contribution in [0.5, 0.6) is 0 Å². The predicted molar refractivity (Wildman–Crippen MR) is 54.7 cm³/mol. The summed E-state index contributed by atoms with van der Waals surface area (Å²) in [6.07, 6.45) is 4.27. The average molecular weight is 175 g/mol. The molecule has 2 heteroatoms. The fourth-order valence-electron chi connectivity index (χ4n) is 1.52. The van der Waals surface area contributed by atoms with Gasteiger partial charge in [0.15, 0.2) is 0 Å². The molecule has 0 aromatic heterocycles. The molecule has 0 atom stereocenters. The van der Waals surface area contributed by atoms with Gasteiger partial charge in [-0.05, 0) is 23.3 Å². The molecule has 1 aromatic carbocycles. The van der Waals surface area contributed by atoms with Gasteiger partial charge in [-0.3, -0.25) is 0 Å². The molecule has 0 unspecified atom stereocenters. The molecule has 1 aliphatic heterocycles. The van der Waals surface area contributed by atoms with E-state index in [0.29, 0.717) is 6.61 Å². The van der Waals surface area contributed by atoms with Crippen LogP contribution < -0.4 is 5.32 Å². The summed E-state index contributed by atoms with van der Waals surface area (Å²) in [4.78, 5) is 0. The number of hydrogen-bond acceptors (Lipinski definition) is 2. The molecule has 0 saturated carbocycles. The Hall–Kier alpha value is -1.28. The van der Waals surface area contributed by atoms with E-state index in [1.165, 1.54) is 16.8 Å². The van der Waals surface area contributed by atoms with Crippen LogP contribution in [0.15, 0.2) is 24.3 Å². The van der Waals surface area contributed by atoms with E-state index < -0.39 is 0 Å². The van der Waals surface area contributed by atoms with Crippen molar-refractivity contribution in [3.8, 4) is 0 Å². The Balaban J connectivity index is 2.31. The number of benzene rings is 1. The van der Waals surface area contributed by atoms with E-state index in [0.717, 1.165) is 6.54 Å². The highest BCUT2D eigenvalue weighted by molar-refractivity contribution is 5.70. The summed E-state index contributed by atoms with van der Waals surface area (Å²) in [6.45, 7) is 1.61. The summed E-state index contributed by atoms with van der Waals surface area (Å²) in [7, 11) is 1.72. The first-order valence-corrected chi connectivity index (χ1v) is 4.42. The lowest BCUT2D eigenvalue weighted by atomic mass is 10.1. The van der Waals surface area contributed by atoms with Crippen LogP contribution in [0.25, 0.3) is 6.08 Å². The standard InChI is InChI=1S/C11H13NO/c1-13-8-9-4-5-11-10(7-9)3-2-6-12-11/h2-5,7,12H,6,8H2,1H3. The molecule has 68 valence electrons. The van der Waals surface area contributed by atoms with Crippen molar-refractivity contribution in [3.05, 3.63) is 35.4 Å². The Morgan fingerprint density at radius 3 is 3.23 bits per heavy atom. The molecular formula is C11H13NO. The lowest BCUT2D eigenvalue weighted by Crippen LogP contribution is -2.04. The number of fused-ring (bicyclic) bond motifs is 1. The molecule has 0 radical (unpaired) electrons. The lowest BCUT2D eigenvalue weighted by Gasteiger charge is -2.13. The van der Waals surface area contributed by atoms with E-state index >= 15 is 0 Å². The molecule has 0 fully saturated rings. The van der Waals surface area contributed by atoms with Crippen molar-refractivity contribution in [1.82, 2.24) is 0 Å². The van der Waals surface area contributed by atoms with Crippen molar-refractivity contribution in [2.45, 2.75) is 6.61 Å². The third kappa shape index (κ3) is 1.73. The second-order valence-electron chi connectivity index (χ2n) is 3.14. The zero-order chi connectivity index (χ0) is 9.10. The second kappa shape index (κ2) is 3.62. The van der Waals surface area contributed by atoms with Crippen LogP contribution in [0, 0.1) is 0 Å². The molecule has 13 heavy (non-hydrogen) atoms. The smallest absolute Gasteiger partial charge is 0.0713 e. The van der Waals surface area contributed by atoms with E-state index in [4.69, 9.17) is 4.74 Å². The highest BCUT2D eigenvalue weighted by atomic mass is 16.5. The number of hydrogen-bond donors (Lipinski definition) is 1. The van der Waals surface area contributed by atoms with E-state index in [-0.39, 0.29) is 0 Å². The summed E-state index contributed by atoms with van der Waals surface area (Å²) < 4.78 is 5.07. The molecule has 2 rings (SSSR count). The third-order valence-electron chi connectivity index (χ3n) is 2.13. The molecule has 1 heterocycles. The Morgan fingerprint density at radius 1 is 1.46 bits per heavy atom. The highest BCUT2D eigenvalue weighted by Crippen LogP contribution is 2.21. The number of rotatable bonds is 2. The Kier molecular flexibility index (Phi) is 2.32.